The van der Waals surface area contributed by atoms with Gasteiger partial charge in [0.05, 0.1) is 12.2 Å². The van der Waals surface area contributed by atoms with Gasteiger partial charge in [-0.05, 0) is 63.5 Å². The molecule has 44 heavy (non-hydrogen) atoms. The summed E-state index contributed by atoms with van der Waals surface area (Å²) in [6.07, 6.45) is 8.17. The summed E-state index contributed by atoms with van der Waals surface area (Å²) in [6, 6.07) is 10.6. The number of piperidine rings is 2. The van der Waals surface area contributed by atoms with Gasteiger partial charge in [0.2, 0.25) is 5.91 Å². The van der Waals surface area contributed by atoms with E-state index in [9.17, 15) is 14.7 Å². The van der Waals surface area contributed by atoms with Crippen molar-refractivity contribution in [1.29, 1.82) is 0 Å². The molecule has 0 unspecified atom stereocenters. The van der Waals surface area contributed by atoms with Crippen molar-refractivity contribution in [3.63, 3.8) is 0 Å². The van der Waals surface area contributed by atoms with E-state index in [1.165, 1.54) is 17.5 Å². The number of aliphatic hydroxyl groups is 1. The van der Waals surface area contributed by atoms with Crippen molar-refractivity contribution in [3.8, 4) is 6.01 Å². The predicted molar refractivity (Wildman–Crippen MR) is 168 cm³/mol. The number of aliphatic hydroxyl groups excluding tert-OH is 1. The molecule has 2 N–H and O–H groups in total. The summed E-state index contributed by atoms with van der Waals surface area (Å²) in [4.78, 5) is 41.9. The number of nitrogens with one attached hydrogen (secondary N) is 1. The molecule has 0 bridgehead atoms. The van der Waals surface area contributed by atoms with Crippen molar-refractivity contribution < 1.29 is 19.4 Å². The molecule has 2 amide bonds. The lowest BCUT2D eigenvalue weighted by atomic mass is 9.87. The molecule has 1 aromatic carbocycles. The average Bonchev–Trinajstić information content (AvgIpc) is 3.04. The zero-order chi connectivity index (χ0) is 30.6. The maximum absolute atomic E-state index is 13.7. The molecule has 4 heterocycles. The highest BCUT2D eigenvalue weighted by molar-refractivity contribution is 5.93. The summed E-state index contributed by atoms with van der Waals surface area (Å²) >= 11 is 0. The van der Waals surface area contributed by atoms with Gasteiger partial charge in [-0.3, -0.25) is 14.5 Å². The van der Waals surface area contributed by atoms with Gasteiger partial charge in [-0.25, -0.2) is 0 Å². The highest BCUT2D eigenvalue weighted by Crippen LogP contribution is 2.29. The third-order valence-corrected chi connectivity index (χ3v) is 9.84. The van der Waals surface area contributed by atoms with Crippen molar-refractivity contribution in [2.75, 3.05) is 38.0 Å². The van der Waals surface area contributed by atoms with Crippen LogP contribution in [-0.4, -0.2) is 98.6 Å². The number of nitrogens with zero attached hydrogens (tertiary/aromatic N) is 5. The number of fused-ring (bicyclic) bond motifs is 1. The fourth-order valence-electron chi connectivity index (χ4n) is 7.43. The summed E-state index contributed by atoms with van der Waals surface area (Å²) < 4.78 is 5.84. The molecule has 1 aromatic heterocycles. The Balaban J connectivity index is 1.08. The van der Waals surface area contributed by atoms with Crippen LogP contribution in [0.25, 0.3) is 0 Å². The smallest absolute Gasteiger partial charge is 0.319 e. The van der Waals surface area contributed by atoms with E-state index in [0.717, 1.165) is 71.1 Å². The molecule has 6 rings (SSSR count). The van der Waals surface area contributed by atoms with E-state index >= 15 is 0 Å². The van der Waals surface area contributed by atoms with Crippen LogP contribution >= 0.6 is 0 Å². The minimum Gasteiger partial charge on any atom is -0.461 e. The second-order valence-corrected chi connectivity index (χ2v) is 13.3. The van der Waals surface area contributed by atoms with Crippen LogP contribution in [0.15, 0.2) is 30.3 Å². The van der Waals surface area contributed by atoms with Crippen molar-refractivity contribution in [2.24, 2.45) is 5.92 Å². The van der Waals surface area contributed by atoms with Gasteiger partial charge in [0.25, 0.3) is 5.91 Å². The van der Waals surface area contributed by atoms with Crippen LogP contribution in [0.1, 0.15) is 86.8 Å². The van der Waals surface area contributed by atoms with Crippen molar-refractivity contribution in [3.05, 3.63) is 47.2 Å². The van der Waals surface area contributed by atoms with Crippen LogP contribution in [0.3, 0.4) is 0 Å². The Hall–Kier alpha value is -3.24. The number of benzene rings is 1. The molecule has 2 aromatic rings. The topological polar surface area (TPSA) is 111 Å². The number of hydrogen-bond donors (Lipinski definition) is 2. The SMILES string of the molecule is CC(C)Oc1nc(NC2CCN(C(=O)C3CCCCC3)CC2)cc(C(=O)N2CC[C@@H](N3CCc4ccccc4C3)[C@H](O)C2)n1. The van der Waals surface area contributed by atoms with Crippen LogP contribution in [0.2, 0.25) is 0 Å². The Labute approximate surface area is 261 Å². The Morgan fingerprint density at radius 1 is 0.932 bits per heavy atom. The zero-order valence-corrected chi connectivity index (χ0v) is 26.3. The minimum absolute atomic E-state index is 0.0192. The molecule has 4 aliphatic rings. The van der Waals surface area contributed by atoms with Gasteiger partial charge in [0, 0.05) is 63.3 Å². The lowest BCUT2D eigenvalue weighted by Gasteiger charge is -2.43. The number of rotatable bonds is 7. The molecule has 0 radical (unpaired) electrons. The maximum atomic E-state index is 13.7. The quantitative estimate of drug-likeness (QED) is 0.490. The molecule has 3 aliphatic heterocycles. The molecule has 10 nitrogen and oxygen atoms in total. The van der Waals surface area contributed by atoms with Gasteiger partial charge < -0.3 is 25.0 Å². The summed E-state index contributed by atoms with van der Waals surface area (Å²) in [7, 11) is 0. The zero-order valence-electron chi connectivity index (χ0n) is 26.3. The van der Waals surface area contributed by atoms with E-state index in [-0.39, 0.29) is 48.3 Å². The Morgan fingerprint density at radius 2 is 1.66 bits per heavy atom. The van der Waals surface area contributed by atoms with Crippen LogP contribution in [0, 0.1) is 5.92 Å². The summed E-state index contributed by atoms with van der Waals surface area (Å²) in [6.45, 7) is 7.84. The lowest BCUT2D eigenvalue weighted by molar-refractivity contribution is -0.137. The third kappa shape index (κ3) is 7.18. The van der Waals surface area contributed by atoms with Gasteiger partial charge in [0.15, 0.2) is 0 Å². The minimum atomic E-state index is -0.634. The van der Waals surface area contributed by atoms with Gasteiger partial charge >= 0.3 is 6.01 Å². The first-order valence-corrected chi connectivity index (χ1v) is 16.7. The van der Waals surface area contributed by atoms with Crippen LogP contribution in [0.4, 0.5) is 5.82 Å². The fourth-order valence-corrected chi connectivity index (χ4v) is 7.43. The van der Waals surface area contributed by atoms with E-state index in [1.807, 2.05) is 18.7 Å². The second kappa shape index (κ2) is 13.8. The molecule has 3 fully saturated rings. The summed E-state index contributed by atoms with van der Waals surface area (Å²) in [5, 5.41) is 14.7. The lowest BCUT2D eigenvalue weighted by Crippen LogP contribution is -2.56. The summed E-state index contributed by atoms with van der Waals surface area (Å²) in [5.41, 5.74) is 2.97. The standard InChI is InChI=1S/C34H48N6O4/c1-23(2)44-34-36-28(20-31(37-34)35-27-13-17-38(18-14-27)32(42)25-9-4-3-5-10-25)33(43)40-19-15-29(30(41)22-40)39-16-12-24-8-6-7-11-26(24)21-39/h6-8,11,20,23,25,27,29-30,41H,3-5,9-10,12-19,21-22H2,1-2H3,(H,35,36,37)/t29-,30-/m1/s1. The highest BCUT2D eigenvalue weighted by atomic mass is 16.5. The van der Waals surface area contributed by atoms with Gasteiger partial charge in [0.1, 0.15) is 11.5 Å². The molecular formula is C34H48N6O4. The molecular weight excluding hydrogens is 556 g/mol. The van der Waals surface area contributed by atoms with Crippen LogP contribution < -0.4 is 10.1 Å². The Bertz CT molecular complexity index is 1310. The predicted octanol–water partition coefficient (Wildman–Crippen LogP) is 3.88. The van der Waals surface area contributed by atoms with Crippen LogP contribution in [0.5, 0.6) is 6.01 Å². The maximum Gasteiger partial charge on any atom is 0.319 e. The number of β-amino-alcohol motifs (C(OH)–C–C–N with tert-alkyl or cyclic N) is 1. The fraction of sp³-hybridized carbons (Fsp3) is 0.647. The number of carbonyl (C=O) groups excluding carboxylic acids is 2. The average molecular weight is 605 g/mol. The van der Waals surface area contributed by atoms with Crippen molar-refractivity contribution in [2.45, 2.75) is 102 Å². The van der Waals surface area contributed by atoms with E-state index in [0.29, 0.717) is 24.7 Å². The van der Waals surface area contributed by atoms with Crippen molar-refractivity contribution in [1.82, 2.24) is 24.7 Å². The number of carbonyl (C=O) groups is 2. The first-order chi connectivity index (χ1) is 21.3. The third-order valence-electron chi connectivity index (χ3n) is 9.84. The number of aromatic nitrogens is 2. The highest BCUT2D eigenvalue weighted by Gasteiger charge is 2.36. The monoisotopic (exact) mass is 604 g/mol. The molecule has 0 spiro atoms. The molecule has 2 atom stereocenters. The largest absolute Gasteiger partial charge is 0.461 e. The van der Waals surface area contributed by atoms with E-state index < -0.39 is 6.10 Å². The molecule has 1 saturated carbocycles. The second-order valence-electron chi connectivity index (χ2n) is 13.3. The molecule has 238 valence electrons. The normalized spacial score (nSPS) is 23.8. The number of hydrogen-bond acceptors (Lipinski definition) is 8. The van der Waals surface area contributed by atoms with Crippen molar-refractivity contribution >= 4 is 17.6 Å². The number of anilines is 1. The van der Waals surface area contributed by atoms with Gasteiger partial charge in [-0.1, -0.05) is 43.5 Å². The number of ether oxygens (including phenoxy) is 1. The Morgan fingerprint density at radius 3 is 2.39 bits per heavy atom. The first kappa shape index (κ1) is 30.8. The first-order valence-electron chi connectivity index (χ1n) is 16.7. The van der Waals surface area contributed by atoms with Crippen LogP contribution in [-0.2, 0) is 17.8 Å². The molecule has 1 aliphatic carbocycles. The van der Waals surface area contributed by atoms with E-state index in [1.54, 1.807) is 11.0 Å². The van der Waals surface area contributed by atoms with E-state index in [2.05, 4.69) is 44.5 Å². The summed E-state index contributed by atoms with van der Waals surface area (Å²) in [5.74, 6) is 0.846. The Kier molecular flexibility index (Phi) is 9.66. The van der Waals surface area contributed by atoms with Gasteiger partial charge in [-0.15, -0.1) is 0 Å². The molecule has 10 heteroatoms. The van der Waals surface area contributed by atoms with E-state index in [4.69, 9.17) is 4.74 Å². The number of likely N-dealkylation sites (tertiary alicyclic amines) is 2. The molecule has 2 saturated heterocycles. The number of amides is 2. The van der Waals surface area contributed by atoms with Gasteiger partial charge in [-0.2, -0.15) is 9.97 Å².